The number of carboxylic acids is 1. The molecule has 0 bridgehead atoms. The van der Waals surface area contributed by atoms with Crippen LogP contribution in [0, 0.1) is 0 Å². The van der Waals surface area contributed by atoms with Crippen molar-refractivity contribution < 1.29 is 93.5 Å². The van der Waals surface area contributed by atoms with Gasteiger partial charge in [-0.3, -0.25) is 9.35 Å². The van der Waals surface area contributed by atoms with Gasteiger partial charge in [0.2, 0.25) is 0 Å². The van der Waals surface area contributed by atoms with Crippen LogP contribution < -0.4 is 5.01 Å². The Balaban J connectivity index is 0.000000450. The van der Waals surface area contributed by atoms with E-state index in [1.165, 1.54) is 6.07 Å². The summed E-state index contributed by atoms with van der Waals surface area (Å²) in [6, 6.07) is 3.55. The van der Waals surface area contributed by atoms with Crippen LogP contribution in [-0.2, 0) is 19.7 Å². The SMILES string of the molecule is CC1=NN(c2cc(S(=O)(=O)O)ccc2Cl)C(=O)C1.O=C(O)C(F)(F)C(F)(F)C(F)(F)C(F)(F)C(F)(F)C(F)(F)C(F)(F)F. The van der Waals surface area contributed by atoms with Gasteiger partial charge < -0.3 is 5.11 Å². The topological polar surface area (TPSA) is 124 Å². The third kappa shape index (κ3) is 6.30. The Morgan fingerprint density at radius 1 is 0.837 bits per heavy atom. The third-order valence-electron chi connectivity index (χ3n) is 4.95. The van der Waals surface area contributed by atoms with Crippen LogP contribution in [0.1, 0.15) is 13.3 Å². The number of hydrazone groups is 1. The molecular formula is C18H10ClF15N2O6S. The maximum absolute atomic E-state index is 12.8. The predicted molar refractivity (Wildman–Crippen MR) is 110 cm³/mol. The quantitative estimate of drug-likeness (QED) is 0.248. The number of anilines is 1. The minimum absolute atomic E-state index is 0.133. The Morgan fingerprint density at radius 3 is 1.60 bits per heavy atom. The molecule has 0 fully saturated rings. The maximum atomic E-state index is 12.8. The first kappa shape index (κ1) is 38.0. The molecule has 8 nitrogen and oxygen atoms in total. The Bertz CT molecular complexity index is 1410. The molecule has 43 heavy (non-hydrogen) atoms. The molecule has 1 aromatic carbocycles. The number of halogens is 16. The average Bonchev–Trinajstić information content (AvgIpc) is 3.14. The summed E-state index contributed by atoms with van der Waals surface area (Å²) in [6.45, 7) is 1.68. The first-order valence-corrected chi connectivity index (χ1v) is 11.8. The summed E-state index contributed by atoms with van der Waals surface area (Å²) in [5.41, 5.74) is 0.738. The first-order valence-electron chi connectivity index (χ1n) is 9.94. The monoisotopic (exact) mass is 702 g/mol. The van der Waals surface area contributed by atoms with Gasteiger partial charge in [-0.15, -0.1) is 0 Å². The summed E-state index contributed by atoms with van der Waals surface area (Å²) in [4.78, 5) is 21.0. The summed E-state index contributed by atoms with van der Waals surface area (Å²) >= 11 is 5.90. The van der Waals surface area contributed by atoms with Crippen LogP contribution in [0.2, 0.25) is 5.02 Å². The summed E-state index contributed by atoms with van der Waals surface area (Å²) in [6.07, 6.45) is -7.53. The number of benzene rings is 1. The fourth-order valence-electron chi connectivity index (χ4n) is 2.66. The van der Waals surface area contributed by atoms with Crippen molar-refractivity contribution in [3.05, 3.63) is 23.2 Å². The highest BCUT2D eigenvalue weighted by molar-refractivity contribution is 7.85. The molecule has 25 heteroatoms. The van der Waals surface area contributed by atoms with E-state index in [0.717, 1.165) is 17.1 Å². The number of alkyl halides is 15. The smallest absolute Gasteiger partial charge is 0.460 e. The lowest BCUT2D eigenvalue weighted by Crippen LogP contribution is -2.73. The minimum atomic E-state index is -8.47. The summed E-state index contributed by atoms with van der Waals surface area (Å²) in [5, 5.41) is 12.7. The molecule has 1 aliphatic heterocycles. The number of hydrogen-bond donors (Lipinski definition) is 2. The largest absolute Gasteiger partial charge is 0.477 e. The summed E-state index contributed by atoms with van der Waals surface area (Å²) < 4.78 is 218. The predicted octanol–water partition coefficient (Wildman–Crippen LogP) is 6.14. The number of nitrogens with zero attached hydrogens (tertiary/aromatic N) is 2. The van der Waals surface area contributed by atoms with E-state index in [2.05, 4.69) is 5.10 Å². The van der Waals surface area contributed by atoms with E-state index in [0.29, 0.717) is 5.71 Å². The van der Waals surface area contributed by atoms with E-state index in [4.69, 9.17) is 21.3 Å². The van der Waals surface area contributed by atoms with Crippen LogP contribution in [0.15, 0.2) is 28.2 Å². The number of aliphatic carboxylic acids is 1. The van der Waals surface area contributed by atoms with Gasteiger partial charge in [-0.2, -0.15) is 84.4 Å². The average molecular weight is 703 g/mol. The molecule has 2 N–H and O–H groups in total. The van der Waals surface area contributed by atoms with Crippen molar-refractivity contribution >= 4 is 45.0 Å². The normalized spacial score (nSPS) is 16.1. The highest BCUT2D eigenvalue weighted by Gasteiger charge is 2.94. The second-order valence-corrected chi connectivity index (χ2v) is 9.88. The number of carboxylic acid groups (broad SMARTS) is 1. The zero-order valence-electron chi connectivity index (χ0n) is 19.8. The lowest BCUT2D eigenvalue weighted by Gasteiger charge is -2.40. The van der Waals surface area contributed by atoms with Gasteiger partial charge in [-0.05, 0) is 25.1 Å². The molecule has 0 unspecified atom stereocenters. The number of amides is 1. The highest BCUT2D eigenvalue weighted by Crippen LogP contribution is 2.62. The van der Waals surface area contributed by atoms with Crippen molar-refractivity contribution in [2.45, 2.75) is 60.0 Å². The zero-order valence-corrected chi connectivity index (χ0v) is 21.4. The van der Waals surface area contributed by atoms with Crippen LogP contribution in [0.4, 0.5) is 71.5 Å². The number of hydrogen-bond acceptors (Lipinski definition) is 5. The number of rotatable bonds is 8. The van der Waals surface area contributed by atoms with Gasteiger partial charge in [0.05, 0.1) is 22.0 Å². The van der Waals surface area contributed by atoms with Crippen molar-refractivity contribution in [3.63, 3.8) is 0 Å². The van der Waals surface area contributed by atoms with Gasteiger partial charge in [0.25, 0.3) is 16.0 Å². The van der Waals surface area contributed by atoms with Crippen LogP contribution in [0.3, 0.4) is 0 Å². The number of carbonyl (C=O) groups excluding carboxylic acids is 1. The fraction of sp³-hybridized carbons (Fsp3) is 0.500. The van der Waals surface area contributed by atoms with E-state index in [1.54, 1.807) is 6.92 Å². The molecule has 1 amide bonds. The van der Waals surface area contributed by atoms with Crippen molar-refractivity contribution in [3.8, 4) is 0 Å². The molecule has 0 saturated heterocycles. The molecule has 0 atom stereocenters. The van der Waals surface area contributed by atoms with Crippen molar-refractivity contribution in [1.29, 1.82) is 0 Å². The summed E-state index contributed by atoms with van der Waals surface area (Å²) in [7, 11) is -4.35. The minimum Gasteiger partial charge on any atom is -0.477 e. The van der Waals surface area contributed by atoms with Crippen LogP contribution >= 0.6 is 11.6 Å². The molecule has 1 heterocycles. The maximum Gasteiger partial charge on any atom is 0.460 e. The Labute approximate surface area is 232 Å². The van der Waals surface area contributed by atoms with Gasteiger partial charge in [0, 0.05) is 5.71 Å². The van der Waals surface area contributed by atoms with Gasteiger partial charge in [-0.1, -0.05) is 11.6 Å². The Kier molecular flexibility index (Phi) is 9.86. The van der Waals surface area contributed by atoms with Crippen molar-refractivity contribution in [2.75, 3.05) is 5.01 Å². The fourth-order valence-corrected chi connectivity index (χ4v) is 3.36. The highest BCUT2D eigenvalue weighted by atomic mass is 35.5. The van der Waals surface area contributed by atoms with Crippen molar-refractivity contribution in [2.24, 2.45) is 5.10 Å². The van der Waals surface area contributed by atoms with Crippen molar-refractivity contribution in [1.82, 2.24) is 0 Å². The van der Waals surface area contributed by atoms with E-state index in [1.807, 2.05) is 0 Å². The molecule has 0 aromatic heterocycles. The molecular weight excluding hydrogens is 693 g/mol. The molecule has 0 saturated carbocycles. The first-order chi connectivity index (χ1) is 18.7. The lowest BCUT2D eigenvalue weighted by atomic mass is 9.91. The second kappa shape index (κ2) is 11.2. The molecule has 1 aromatic rings. The van der Waals surface area contributed by atoms with Gasteiger partial charge >= 0.3 is 47.7 Å². The van der Waals surface area contributed by atoms with Gasteiger partial charge in [0.15, 0.2) is 0 Å². The lowest BCUT2D eigenvalue weighted by molar-refractivity contribution is -0.450. The van der Waals surface area contributed by atoms with E-state index in [-0.39, 0.29) is 27.9 Å². The van der Waals surface area contributed by atoms with Gasteiger partial charge in [-0.25, -0.2) is 4.79 Å². The standard InChI is InChI=1S/C10H9ClN2O4S.C8HF15O2/c1-6-4-10(14)13(12-6)9-5-7(18(15,16)17)2-3-8(9)11;9-2(10,1(24)25)3(11,12)4(13,14)5(15,16)6(17,18)7(19,20)8(21,22)23/h2-3,5H,4H2,1H3,(H,15,16,17);(H,24,25). The zero-order chi connectivity index (χ0) is 34.6. The second-order valence-electron chi connectivity index (χ2n) is 8.06. The summed E-state index contributed by atoms with van der Waals surface area (Å²) in [5.74, 6) is -53.1. The molecule has 0 spiro atoms. The molecule has 246 valence electrons. The van der Waals surface area contributed by atoms with E-state index in [9.17, 15) is 83.9 Å². The van der Waals surface area contributed by atoms with Crippen LogP contribution in [0.25, 0.3) is 0 Å². The van der Waals surface area contributed by atoms with Crippen LogP contribution in [0.5, 0.6) is 0 Å². The number of carbonyl (C=O) groups is 2. The molecule has 2 rings (SSSR count). The Morgan fingerprint density at radius 2 is 1.26 bits per heavy atom. The molecule has 1 aliphatic rings. The molecule has 0 radical (unpaired) electrons. The van der Waals surface area contributed by atoms with E-state index < -0.39 is 57.8 Å². The Hall–Kier alpha value is -3.02. The van der Waals surface area contributed by atoms with Gasteiger partial charge in [0.1, 0.15) is 0 Å². The third-order valence-corrected chi connectivity index (χ3v) is 6.12. The van der Waals surface area contributed by atoms with Crippen LogP contribution in [-0.4, -0.2) is 77.4 Å². The van der Waals surface area contributed by atoms with E-state index >= 15 is 0 Å². The molecule has 0 aliphatic carbocycles.